The van der Waals surface area contributed by atoms with Gasteiger partial charge in [-0.3, -0.25) is 14.0 Å². The molecule has 2 unspecified atom stereocenters. The van der Waals surface area contributed by atoms with E-state index in [-0.39, 0.29) is 11.9 Å². The molecular formula is C20H30N3O4S2-. The minimum Gasteiger partial charge on any atom is -0.759 e. The molecule has 2 rings (SSSR count). The van der Waals surface area contributed by atoms with Gasteiger partial charge in [0.2, 0.25) is 5.91 Å². The van der Waals surface area contributed by atoms with Crippen molar-refractivity contribution in [2.75, 3.05) is 7.11 Å². The lowest BCUT2D eigenvalue weighted by molar-refractivity contribution is -0.119. The molecule has 2 atom stereocenters. The van der Waals surface area contributed by atoms with Crippen molar-refractivity contribution in [1.29, 1.82) is 0 Å². The van der Waals surface area contributed by atoms with Crippen LogP contribution in [0.1, 0.15) is 75.3 Å². The van der Waals surface area contributed by atoms with Gasteiger partial charge in [0.1, 0.15) is 10.7 Å². The second kappa shape index (κ2) is 11.6. The van der Waals surface area contributed by atoms with Crippen LogP contribution in [0.4, 0.5) is 0 Å². The van der Waals surface area contributed by atoms with Gasteiger partial charge in [0.15, 0.2) is 0 Å². The molecule has 0 spiro atoms. The Balaban J connectivity index is 2.23. The summed E-state index contributed by atoms with van der Waals surface area (Å²) < 4.78 is 27.8. The third-order valence-corrected chi connectivity index (χ3v) is 5.86. The van der Waals surface area contributed by atoms with Crippen LogP contribution in [0.25, 0.3) is 0 Å². The Bertz CT molecular complexity index is 740. The summed E-state index contributed by atoms with van der Waals surface area (Å²) in [5, 5.41) is 1.48. The van der Waals surface area contributed by atoms with Gasteiger partial charge in [-0.15, -0.1) is 0 Å². The molecule has 0 saturated heterocycles. The second-order valence-electron chi connectivity index (χ2n) is 7.35. The van der Waals surface area contributed by atoms with Crippen LogP contribution < -0.4 is 15.3 Å². The number of nitrogens with one attached hydrogen (secondary N) is 1. The summed E-state index contributed by atoms with van der Waals surface area (Å²) >= 11 is 3.09. The SMILES string of the molecule is CCCCCCCC(C(N)=O)c1ccc(OC)c(C(=S)N(NS(=O)[O-])C2CC2)c1. The summed E-state index contributed by atoms with van der Waals surface area (Å²) in [6.45, 7) is 2.16. The monoisotopic (exact) mass is 440 g/mol. The molecule has 162 valence electrons. The first-order valence-electron chi connectivity index (χ1n) is 10.0. The minimum absolute atomic E-state index is 0.0271. The van der Waals surface area contributed by atoms with Gasteiger partial charge in [-0.25, -0.2) is 0 Å². The molecule has 1 aliphatic rings. The normalized spacial score (nSPS) is 15.6. The van der Waals surface area contributed by atoms with Crippen LogP contribution in [0.5, 0.6) is 5.75 Å². The molecular weight excluding hydrogens is 410 g/mol. The van der Waals surface area contributed by atoms with Gasteiger partial charge in [0, 0.05) is 17.3 Å². The number of benzene rings is 1. The number of carbonyl (C=O) groups is 1. The Morgan fingerprint density at radius 2 is 2.07 bits per heavy atom. The lowest BCUT2D eigenvalue weighted by atomic mass is 9.91. The van der Waals surface area contributed by atoms with E-state index in [0.29, 0.717) is 22.7 Å². The topological polar surface area (TPSA) is 108 Å². The van der Waals surface area contributed by atoms with Crippen LogP contribution in [-0.4, -0.2) is 37.8 Å². The number of ether oxygens (including phenoxy) is 1. The van der Waals surface area contributed by atoms with Gasteiger partial charge in [-0.2, -0.15) is 4.83 Å². The maximum absolute atomic E-state index is 12.1. The molecule has 29 heavy (non-hydrogen) atoms. The number of rotatable bonds is 13. The molecule has 0 aliphatic heterocycles. The number of carbonyl (C=O) groups excluding carboxylic acids is 1. The standard InChI is InChI=1S/C20H31N3O4S2/c1-3-4-5-6-7-8-16(19(21)24)14-9-12-18(27-2)17(13-14)20(28)23(15-10-11-15)22-29(25)26/h9,12-13,15-16,22H,3-8,10-11H2,1-2H3,(H2,21,24)(H,25,26)/p-1. The van der Waals surface area contributed by atoms with E-state index in [1.165, 1.54) is 18.5 Å². The zero-order valence-corrected chi connectivity index (χ0v) is 18.7. The molecule has 0 bridgehead atoms. The maximum atomic E-state index is 12.1. The van der Waals surface area contributed by atoms with Gasteiger partial charge < -0.3 is 15.0 Å². The van der Waals surface area contributed by atoms with Crippen LogP contribution in [-0.2, 0) is 16.1 Å². The summed E-state index contributed by atoms with van der Waals surface area (Å²) in [7, 11) is 1.53. The number of hydrazine groups is 1. The highest BCUT2D eigenvalue weighted by Gasteiger charge is 2.33. The third-order valence-electron chi connectivity index (χ3n) is 5.10. The number of hydrogen-bond acceptors (Lipinski definition) is 5. The molecule has 1 aromatic carbocycles. The molecule has 1 fully saturated rings. The molecule has 0 heterocycles. The van der Waals surface area contributed by atoms with E-state index >= 15 is 0 Å². The molecule has 1 aromatic rings. The fourth-order valence-corrected chi connectivity index (χ4v) is 4.17. The number of hydrogen-bond donors (Lipinski definition) is 2. The van der Waals surface area contributed by atoms with Crippen molar-refractivity contribution in [3.05, 3.63) is 29.3 Å². The number of nitrogens with two attached hydrogens (primary N) is 1. The van der Waals surface area contributed by atoms with Crippen molar-refractivity contribution in [2.45, 2.75) is 70.3 Å². The zero-order chi connectivity index (χ0) is 21.4. The highest BCUT2D eigenvalue weighted by Crippen LogP contribution is 2.32. The quantitative estimate of drug-likeness (QED) is 0.211. The van der Waals surface area contributed by atoms with Crippen LogP contribution in [0.3, 0.4) is 0 Å². The predicted octanol–water partition coefficient (Wildman–Crippen LogP) is 3.06. The number of unbranched alkanes of at least 4 members (excludes halogenated alkanes) is 4. The summed E-state index contributed by atoms with van der Waals surface area (Å²) in [5.41, 5.74) is 7.02. The third kappa shape index (κ3) is 7.02. The van der Waals surface area contributed by atoms with Gasteiger partial charge in [0.25, 0.3) is 0 Å². The van der Waals surface area contributed by atoms with Crippen LogP contribution >= 0.6 is 12.2 Å². The van der Waals surface area contributed by atoms with Crippen molar-refractivity contribution in [2.24, 2.45) is 5.73 Å². The van der Waals surface area contributed by atoms with E-state index in [1.807, 2.05) is 6.07 Å². The summed E-state index contributed by atoms with van der Waals surface area (Å²) in [6.07, 6.45) is 7.87. The lowest BCUT2D eigenvalue weighted by Gasteiger charge is -2.28. The number of nitrogens with zero attached hydrogens (tertiary/aromatic N) is 1. The Morgan fingerprint density at radius 3 is 2.62 bits per heavy atom. The summed E-state index contributed by atoms with van der Waals surface area (Å²) in [4.78, 5) is 14.8. The second-order valence-corrected chi connectivity index (χ2v) is 8.39. The number of methoxy groups -OCH3 is 1. The number of thiocarbonyl (C=S) groups is 1. The molecule has 1 saturated carbocycles. The molecule has 7 nitrogen and oxygen atoms in total. The van der Waals surface area contributed by atoms with Crippen molar-refractivity contribution in [1.82, 2.24) is 9.84 Å². The number of amides is 1. The molecule has 0 radical (unpaired) electrons. The average Bonchev–Trinajstić information content (AvgIpc) is 3.52. The first-order chi connectivity index (χ1) is 13.9. The van der Waals surface area contributed by atoms with Crippen LogP contribution in [0, 0.1) is 0 Å². The Morgan fingerprint density at radius 1 is 1.38 bits per heavy atom. The molecule has 9 heteroatoms. The number of primary amides is 1. The largest absolute Gasteiger partial charge is 0.759 e. The van der Waals surface area contributed by atoms with E-state index in [4.69, 9.17) is 22.7 Å². The van der Waals surface area contributed by atoms with E-state index in [2.05, 4.69) is 11.8 Å². The van der Waals surface area contributed by atoms with Crippen molar-refractivity contribution >= 4 is 34.4 Å². The molecule has 1 aliphatic carbocycles. The van der Waals surface area contributed by atoms with E-state index < -0.39 is 17.2 Å². The van der Waals surface area contributed by atoms with Gasteiger partial charge in [-0.05, 0) is 37.0 Å². The minimum atomic E-state index is -2.48. The zero-order valence-electron chi connectivity index (χ0n) is 17.0. The smallest absolute Gasteiger partial charge is 0.224 e. The Hall–Kier alpha value is -1.55. The molecule has 1 amide bonds. The average molecular weight is 441 g/mol. The molecule has 3 N–H and O–H groups in total. The van der Waals surface area contributed by atoms with Gasteiger partial charge in [-0.1, -0.05) is 57.3 Å². The fraction of sp³-hybridized carbons (Fsp3) is 0.600. The Kier molecular flexibility index (Phi) is 9.48. The fourth-order valence-electron chi connectivity index (χ4n) is 3.36. The summed E-state index contributed by atoms with van der Waals surface area (Å²) in [5.74, 6) is -0.269. The highest BCUT2D eigenvalue weighted by molar-refractivity contribution is 7.81. The predicted molar refractivity (Wildman–Crippen MR) is 117 cm³/mol. The van der Waals surface area contributed by atoms with Crippen molar-refractivity contribution < 1.29 is 18.3 Å². The van der Waals surface area contributed by atoms with E-state index in [1.54, 1.807) is 12.1 Å². The van der Waals surface area contributed by atoms with Crippen molar-refractivity contribution in [3.8, 4) is 5.75 Å². The highest BCUT2D eigenvalue weighted by atomic mass is 32.2. The Labute approximate surface area is 180 Å². The van der Waals surface area contributed by atoms with E-state index in [9.17, 15) is 13.6 Å². The van der Waals surface area contributed by atoms with Crippen molar-refractivity contribution in [3.63, 3.8) is 0 Å². The summed E-state index contributed by atoms with van der Waals surface area (Å²) in [6, 6.07) is 5.41. The van der Waals surface area contributed by atoms with Gasteiger partial charge >= 0.3 is 0 Å². The van der Waals surface area contributed by atoms with Crippen LogP contribution in [0.2, 0.25) is 0 Å². The first-order valence-corrected chi connectivity index (χ1v) is 11.5. The maximum Gasteiger partial charge on any atom is 0.224 e. The first kappa shape index (κ1) is 23.7. The van der Waals surface area contributed by atoms with Crippen LogP contribution in [0.15, 0.2) is 18.2 Å². The van der Waals surface area contributed by atoms with Gasteiger partial charge in [0.05, 0.1) is 18.6 Å². The molecule has 0 aromatic heterocycles. The van der Waals surface area contributed by atoms with E-state index in [0.717, 1.165) is 44.1 Å². The lowest BCUT2D eigenvalue weighted by Crippen LogP contribution is -2.44.